The molecule has 28 heavy (non-hydrogen) atoms. The molecule has 1 fully saturated rings. The number of fused-ring (bicyclic) bond motifs is 2. The second kappa shape index (κ2) is 6.57. The van der Waals surface area contributed by atoms with Crippen LogP contribution >= 0.6 is 0 Å². The highest BCUT2D eigenvalue weighted by molar-refractivity contribution is 6.12. The molecule has 0 atom stereocenters. The zero-order chi connectivity index (χ0) is 19.1. The highest BCUT2D eigenvalue weighted by atomic mass is 16.2. The third kappa shape index (κ3) is 2.56. The fraction of sp³-hybridized carbons (Fsp3) is 0.208. The number of hydrogen-bond donors (Lipinski definition) is 0. The maximum atomic E-state index is 13.6. The van der Waals surface area contributed by atoms with Crippen molar-refractivity contribution >= 4 is 17.4 Å². The molecular weight excluding hydrogens is 346 g/mol. The minimum atomic E-state index is -0.516. The number of pyridine rings is 1. The number of anilines is 2. The van der Waals surface area contributed by atoms with Gasteiger partial charge in [0.2, 0.25) is 5.91 Å². The molecule has 0 aliphatic carbocycles. The Morgan fingerprint density at radius 1 is 0.857 bits per heavy atom. The first-order valence-electron chi connectivity index (χ1n) is 9.64. The fourth-order valence-corrected chi connectivity index (χ4v) is 4.44. The Labute approximate surface area is 165 Å². The van der Waals surface area contributed by atoms with E-state index in [1.165, 1.54) is 0 Å². The second-order valence-corrected chi connectivity index (χ2v) is 7.55. The van der Waals surface area contributed by atoms with Crippen LogP contribution in [0.4, 0.5) is 11.5 Å². The topological polar surface area (TPSA) is 36.4 Å². The van der Waals surface area contributed by atoms with E-state index in [2.05, 4.69) is 29.2 Å². The Bertz CT molecular complexity index is 1010. The zero-order valence-corrected chi connectivity index (χ0v) is 15.6. The Morgan fingerprint density at radius 2 is 1.54 bits per heavy atom. The summed E-state index contributed by atoms with van der Waals surface area (Å²) in [6.45, 7) is 1.42. The minimum Gasteiger partial charge on any atom is -0.297 e. The van der Waals surface area contributed by atoms with Gasteiger partial charge in [-0.05, 0) is 55.3 Å². The van der Waals surface area contributed by atoms with Crippen LogP contribution in [0.1, 0.15) is 18.4 Å². The number of amides is 1. The normalized spacial score (nSPS) is 18.5. The molecule has 5 rings (SSSR count). The summed E-state index contributed by atoms with van der Waals surface area (Å²) < 4.78 is 0. The second-order valence-electron chi connectivity index (χ2n) is 7.55. The SMILES string of the molecule is [CH]N1CCC2(CC1)C(=O)N(c1ccc(-c3ccccc3)cc1)c1ncccc12. The number of hydrogen-bond acceptors (Lipinski definition) is 3. The molecule has 2 aromatic carbocycles. The van der Waals surface area contributed by atoms with Crippen molar-refractivity contribution in [2.75, 3.05) is 18.0 Å². The average molecular weight is 367 g/mol. The van der Waals surface area contributed by atoms with Crippen LogP contribution in [0.15, 0.2) is 72.9 Å². The molecule has 1 aromatic heterocycles. The maximum absolute atomic E-state index is 13.6. The monoisotopic (exact) mass is 367 g/mol. The smallest absolute Gasteiger partial charge is 0.243 e. The van der Waals surface area contributed by atoms with Gasteiger partial charge in [-0.3, -0.25) is 14.6 Å². The van der Waals surface area contributed by atoms with Crippen LogP contribution in [0.2, 0.25) is 0 Å². The molecule has 3 heterocycles. The summed E-state index contributed by atoms with van der Waals surface area (Å²) in [4.78, 5) is 21.8. The number of benzene rings is 2. The molecule has 1 saturated heterocycles. The molecule has 0 unspecified atom stereocenters. The van der Waals surface area contributed by atoms with E-state index in [9.17, 15) is 4.79 Å². The summed E-state index contributed by atoms with van der Waals surface area (Å²) in [7, 11) is 5.96. The Morgan fingerprint density at radius 3 is 2.25 bits per heavy atom. The lowest BCUT2D eigenvalue weighted by molar-refractivity contribution is -0.124. The van der Waals surface area contributed by atoms with Crippen molar-refractivity contribution in [3.05, 3.63) is 85.5 Å². The third-order valence-corrected chi connectivity index (χ3v) is 6.01. The quantitative estimate of drug-likeness (QED) is 0.672. The molecule has 4 nitrogen and oxygen atoms in total. The van der Waals surface area contributed by atoms with Gasteiger partial charge in [0.1, 0.15) is 5.82 Å². The van der Waals surface area contributed by atoms with Crippen LogP contribution < -0.4 is 4.90 Å². The summed E-state index contributed by atoms with van der Waals surface area (Å²) in [6, 6.07) is 22.4. The Kier molecular flexibility index (Phi) is 4.02. The van der Waals surface area contributed by atoms with E-state index in [1.807, 2.05) is 42.5 Å². The van der Waals surface area contributed by atoms with E-state index in [4.69, 9.17) is 7.05 Å². The van der Waals surface area contributed by atoms with Crippen LogP contribution in [0.5, 0.6) is 0 Å². The highest BCUT2D eigenvalue weighted by Gasteiger charge is 2.52. The van der Waals surface area contributed by atoms with Crippen molar-refractivity contribution in [3.8, 4) is 11.1 Å². The molecule has 0 N–H and O–H groups in total. The molecule has 4 heteroatoms. The van der Waals surface area contributed by atoms with Crippen molar-refractivity contribution in [1.29, 1.82) is 0 Å². The number of piperidine rings is 1. The molecule has 2 radical (unpaired) electrons. The van der Waals surface area contributed by atoms with E-state index < -0.39 is 5.41 Å². The highest BCUT2D eigenvalue weighted by Crippen LogP contribution is 2.49. The van der Waals surface area contributed by atoms with E-state index in [1.54, 1.807) is 16.0 Å². The first kappa shape index (κ1) is 17.1. The van der Waals surface area contributed by atoms with Crippen molar-refractivity contribution < 1.29 is 4.79 Å². The zero-order valence-electron chi connectivity index (χ0n) is 15.6. The number of carbonyl (C=O) groups excluding carboxylic acids is 1. The van der Waals surface area contributed by atoms with Gasteiger partial charge in [0, 0.05) is 18.8 Å². The molecule has 2 aliphatic rings. The van der Waals surface area contributed by atoms with Gasteiger partial charge in [0.25, 0.3) is 0 Å². The van der Waals surface area contributed by atoms with Gasteiger partial charge < -0.3 is 0 Å². The van der Waals surface area contributed by atoms with Crippen molar-refractivity contribution in [1.82, 2.24) is 9.88 Å². The van der Waals surface area contributed by atoms with E-state index in [0.29, 0.717) is 13.1 Å². The number of rotatable bonds is 2. The molecular formula is C24H21N3O. The van der Waals surface area contributed by atoms with Crippen molar-refractivity contribution in [3.63, 3.8) is 0 Å². The number of likely N-dealkylation sites (tertiary alicyclic amines) is 1. The van der Waals surface area contributed by atoms with Gasteiger partial charge in [0.05, 0.1) is 11.1 Å². The van der Waals surface area contributed by atoms with Crippen LogP contribution in [0.25, 0.3) is 11.1 Å². The van der Waals surface area contributed by atoms with Gasteiger partial charge in [-0.2, -0.15) is 0 Å². The van der Waals surface area contributed by atoms with E-state index in [-0.39, 0.29) is 5.91 Å². The van der Waals surface area contributed by atoms with Crippen LogP contribution in [-0.4, -0.2) is 28.9 Å². The summed E-state index contributed by atoms with van der Waals surface area (Å²) in [5.41, 5.74) is 3.66. The fourth-order valence-electron chi connectivity index (χ4n) is 4.44. The van der Waals surface area contributed by atoms with E-state index in [0.717, 1.165) is 41.0 Å². The van der Waals surface area contributed by atoms with Crippen LogP contribution in [0.3, 0.4) is 0 Å². The molecule has 3 aromatic rings. The maximum Gasteiger partial charge on any atom is 0.243 e. The van der Waals surface area contributed by atoms with Gasteiger partial charge in [-0.1, -0.05) is 48.5 Å². The van der Waals surface area contributed by atoms with Crippen LogP contribution in [-0.2, 0) is 10.2 Å². The third-order valence-electron chi connectivity index (χ3n) is 6.01. The summed E-state index contributed by atoms with van der Waals surface area (Å²) in [5.74, 6) is 0.868. The van der Waals surface area contributed by atoms with Gasteiger partial charge in [0.15, 0.2) is 0 Å². The molecule has 1 amide bonds. The summed E-state index contributed by atoms with van der Waals surface area (Å²) in [6.07, 6.45) is 3.20. The molecule has 0 bridgehead atoms. The van der Waals surface area contributed by atoms with Gasteiger partial charge >= 0.3 is 0 Å². The number of nitrogens with zero attached hydrogens (tertiary/aromatic N) is 3. The first-order valence-corrected chi connectivity index (χ1v) is 9.64. The molecule has 1 spiro atoms. The van der Waals surface area contributed by atoms with Crippen molar-refractivity contribution in [2.24, 2.45) is 0 Å². The molecule has 2 aliphatic heterocycles. The predicted octanol–water partition coefficient (Wildman–Crippen LogP) is 4.43. The first-order chi connectivity index (χ1) is 13.7. The summed E-state index contributed by atoms with van der Waals surface area (Å²) >= 11 is 0. The lowest BCUT2D eigenvalue weighted by atomic mass is 9.74. The average Bonchev–Trinajstić information content (AvgIpc) is 2.99. The molecule has 0 saturated carbocycles. The summed E-state index contributed by atoms with van der Waals surface area (Å²) in [5, 5.41) is 0. The Hall–Kier alpha value is -2.98. The standard InChI is InChI=1S/C24H21N3O/c1-26-16-13-24(14-17-26)21-8-5-15-25-22(21)27(23(24)28)20-11-9-19(10-12-20)18-6-3-2-4-7-18/h1-12,15H,13-14,16-17H2. The minimum absolute atomic E-state index is 0.113. The lowest BCUT2D eigenvalue weighted by Crippen LogP contribution is -2.46. The van der Waals surface area contributed by atoms with E-state index >= 15 is 0 Å². The molecule has 138 valence electrons. The lowest BCUT2D eigenvalue weighted by Gasteiger charge is -2.36. The van der Waals surface area contributed by atoms with Gasteiger partial charge in [-0.15, -0.1) is 0 Å². The van der Waals surface area contributed by atoms with Gasteiger partial charge in [-0.25, -0.2) is 4.98 Å². The van der Waals surface area contributed by atoms with Crippen molar-refractivity contribution in [2.45, 2.75) is 18.3 Å². The number of aromatic nitrogens is 1. The largest absolute Gasteiger partial charge is 0.297 e. The Balaban J connectivity index is 1.55. The predicted molar refractivity (Wildman–Crippen MR) is 110 cm³/mol. The van der Waals surface area contributed by atoms with Crippen LogP contribution in [0, 0.1) is 7.05 Å². The number of carbonyl (C=O) groups is 1.